The van der Waals surface area contributed by atoms with E-state index in [1.807, 2.05) is 22.6 Å². The van der Waals surface area contributed by atoms with Gasteiger partial charge in [-0.3, -0.25) is 4.68 Å². The summed E-state index contributed by atoms with van der Waals surface area (Å²) >= 11 is 2.03. The van der Waals surface area contributed by atoms with Crippen molar-refractivity contribution in [2.45, 2.75) is 0 Å². The lowest BCUT2D eigenvalue weighted by molar-refractivity contribution is 0.0533. The van der Waals surface area contributed by atoms with E-state index in [2.05, 4.69) is 12.0 Å². The van der Waals surface area contributed by atoms with Crippen LogP contribution in [0.5, 0.6) is 0 Å². The highest BCUT2D eigenvalue weighted by Crippen LogP contribution is 2.11. The van der Waals surface area contributed by atoms with Gasteiger partial charge in [-0.2, -0.15) is 5.10 Å². The van der Waals surface area contributed by atoms with Gasteiger partial charge < -0.3 is 4.74 Å². The molecule has 64 valence electrons. The second-order valence-corrected chi connectivity index (χ2v) is 3.26. The molecule has 12 heavy (non-hydrogen) atoms. The molecule has 1 aromatic rings. The van der Waals surface area contributed by atoms with Crippen LogP contribution in [0.2, 0.25) is 0 Å². The van der Waals surface area contributed by atoms with Crippen LogP contribution in [0.3, 0.4) is 0 Å². The molecule has 0 aliphatic heterocycles. The Kier molecular flexibility index (Phi) is 2.96. The van der Waals surface area contributed by atoms with Gasteiger partial charge in [-0.05, 0) is 22.6 Å². The molecule has 4 nitrogen and oxygen atoms in total. The van der Waals surface area contributed by atoms with Crippen LogP contribution < -0.4 is 0 Å². The lowest BCUT2D eigenvalue weighted by atomic mass is 10.4. The molecule has 0 spiro atoms. The van der Waals surface area contributed by atoms with E-state index in [-0.39, 0.29) is 12.6 Å². The van der Waals surface area contributed by atoms with Gasteiger partial charge >= 0.3 is 5.97 Å². The van der Waals surface area contributed by atoms with Crippen molar-refractivity contribution in [3.63, 3.8) is 0 Å². The Morgan fingerprint density at radius 1 is 1.92 bits per heavy atom. The van der Waals surface area contributed by atoms with E-state index in [1.165, 1.54) is 4.68 Å². The van der Waals surface area contributed by atoms with Gasteiger partial charge in [-0.1, -0.05) is 0 Å². The number of halogens is 1. The van der Waals surface area contributed by atoms with Gasteiger partial charge in [0.2, 0.25) is 6.61 Å². The van der Waals surface area contributed by atoms with Crippen molar-refractivity contribution < 1.29 is 9.53 Å². The molecule has 0 radical (unpaired) electrons. The van der Waals surface area contributed by atoms with Crippen LogP contribution in [0.15, 0.2) is 6.20 Å². The van der Waals surface area contributed by atoms with Gasteiger partial charge in [-0.15, -0.1) is 0 Å². The van der Waals surface area contributed by atoms with Gasteiger partial charge in [0, 0.05) is 7.05 Å². The number of hydrogen-bond donors (Lipinski definition) is 0. The van der Waals surface area contributed by atoms with E-state index in [0.29, 0.717) is 5.69 Å². The number of rotatable bonds is 2. The summed E-state index contributed by atoms with van der Waals surface area (Å²) in [5, 5.41) is 3.91. The molecule has 0 aliphatic carbocycles. The average molecular weight is 279 g/mol. The maximum absolute atomic E-state index is 11.2. The van der Waals surface area contributed by atoms with Crippen LogP contribution in [-0.2, 0) is 11.8 Å². The molecule has 0 saturated carbocycles. The topological polar surface area (TPSA) is 44.1 Å². The fraction of sp³-hybridized carbons (Fsp3) is 0.286. The maximum atomic E-state index is 11.2. The quantitative estimate of drug-likeness (QED) is 0.461. The Morgan fingerprint density at radius 2 is 2.58 bits per heavy atom. The zero-order chi connectivity index (χ0) is 9.14. The first-order chi connectivity index (χ1) is 5.66. The molecule has 0 unspecified atom stereocenters. The molecular weight excluding hydrogens is 271 g/mol. The summed E-state index contributed by atoms with van der Waals surface area (Å²) in [6, 6.07) is 0. The lowest BCUT2D eigenvalue weighted by Crippen LogP contribution is -2.11. The number of carbonyl (C=O) groups excluding carboxylic acids is 1. The van der Waals surface area contributed by atoms with Crippen LogP contribution >= 0.6 is 22.6 Å². The highest BCUT2D eigenvalue weighted by atomic mass is 127. The number of hydrogen-bond acceptors (Lipinski definition) is 3. The third-order valence-corrected chi connectivity index (χ3v) is 2.11. The van der Waals surface area contributed by atoms with Crippen LogP contribution in [0.25, 0.3) is 0 Å². The van der Waals surface area contributed by atoms with Crippen LogP contribution in [0.1, 0.15) is 10.5 Å². The lowest BCUT2D eigenvalue weighted by Gasteiger charge is -1.99. The largest absolute Gasteiger partial charge is 0.419 e. The van der Waals surface area contributed by atoms with E-state index in [1.54, 1.807) is 13.2 Å². The Balaban J connectivity index is 2.93. The fourth-order valence-electron chi connectivity index (χ4n) is 0.801. The SMILES string of the molecule is [CH2+]COC(=O)c1c(I)cnn1C. The first kappa shape index (κ1) is 9.37. The smallest absolute Gasteiger partial charge is 0.361 e. The summed E-state index contributed by atoms with van der Waals surface area (Å²) in [5.74, 6) is -0.380. The van der Waals surface area contributed by atoms with E-state index in [9.17, 15) is 4.79 Å². The van der Waals surface area contributed by atoms with Crippen molar-refractivity contribution in [2.75, 3.05) is 6.61 Å². The van der Waals surface area contributed by atoms with Gasteiger partial charge in [0.05, 0.1) is 9.77 Å². The van der Waals surface area contributed by atoms with Gasteiger partial charge in [0.15, 0.2) is 5.69 Å². The normalized spacial score (nSPS) is 9.83. The molecule has 0 N–H and O–H groups in total. The van der Waals surface area contributed by atoms with Gasteiger partial charge in [-0.25, -0.2) is 4.79 Å². The summed E-state index contributed by atoms with van der Waals surface area (Å²) in [6.45, 7) is 3.56. The number of aromatic nitrogens is 2. The Hall–Kier alpha value is -0.720. The van der Waals surface area contributed by atoms with Crippen molar-refractivity contribution in [3.05, 3.63) is 22.4 Å². The molecule has 1 rings (SSSR count). The van der Waals surface area contributed by atoms with E-state index in [4.69, 9.17) is 4.74 Å². The van der Waals surface area contributed by atoms with Crippen molar-refractivity contribution >= 4 is 28.6 Å². The molecule has 0 aromatic carbocycles. The fourth-order valence-corrected chi connectivity index (χ4v) is 1.50. The monoisotopic (exact) mass is 279 g/mol. The summed E-state index contributed by atoms with van der Waals surface area (Å²) in [4.78, 5) is 11.2. The Labute approximate surface area is 84.0 Å². The van der Waals surface area contributed by atoms with E-state index in [0.717, 1.165) is 3.57 Å². The number of aryl methyl sites for hydroxylation is 1. The highest BCUT2D eigenvalue weighted by molar-refractivity contribution is 14.1. The third-order valence-electron chi connectivity index (χ3n) is 1.32. The molecule has 0 bridgehead atoms. The second kappa shape index (κ2) is 3.79. The third kappa shape index (κ3) is 1.71. The average Bonchev–Trinajstić information content (AvgIpc) is 2.32. The summed E-state index contributed by atoms with van der Waals surface area (Å²) in [6.07, 6.45) is 1.61. The number of ether oxygens (including phenoxy) is 1. The molecule has 1 heterocycles. The van der Waals surface area contributed by atoms with Crippen LogP contribution in [0.4, 0.5) is 0 Å². The Bertz CT molecular complexity index is 276. The van der Waals surface area contributed by atoms with Gasteiger partial charge in [0.25, 0.3) is 0 Å². The van der Waals surface area contributed by atoms with Crippen molar-refractivity contribution in [1.29, 1.82) is 0 Å². The minimum atomic E-state index is -0.380. The number of esters is 1. The van der Waals surface area contributed by atoms with Gasteiger partial charge in [0.1, 0.15) is 6.92 Å². The summed E-state index contributed by atoms with van der Waals surface area (Å²) in [7, 11) is 1.70. The highest BCUT2D eigenvalue weighted by Gasteiger charge is 2.16. The molecule has 5 heteroatoms. The van der Waals surface area contributed by atoms with E-state index >= 15 is 0 Å². The molecule has 0 fully saturated rings. The zero-order valence-electron chi connectivity index (χ0n) is 6.58. The predicted molar refractivity (Wildman–Crippen MR) is 51.6 cm³/mol. The second-order valence-electron chi connectivity index (χ2n) is 2.10. The molecule has 0 saturated heterocycles. The van der Waals surface area contributed by atoms with Crippen molar-refractivity contribution in [2.24, 2.45) is 7.05 Å². The standard InChI is InChI=1S/C7H8IN2O2/c1-3-12-7(11)6-5(8)4-9-10(6)2/h4H,1,3H2,2H3/q+1. The van der Waals surface area contributed by atoms with E-state index < -0.39 is 0 Å². The number of nitrogens with zero attached hydrogens (tertiary/aromatic N) is 2. The first-order valence-electron chi connectivity index (χ1n) is 3.30. The summed E-state index contributed by atoms with van der Waals surface area (Å²) in [5.41, 5.74) is 0.472. The van der Waals surface area contributed by atoms with Crippen molar-refractivity contribution in [3.8, 4) is 0 Å². The van der Waals surface area contributed by atoms with Crippen LogP contribution in [0, 0.1) is 10.5 Å². The first-order valence-corrected chi connectivity index (χ1v) is 4.38. The minimum absolute atomic E-state index is 0.139. The van der Waals surface area contributed by atoms with Crippen molar-refractivity contribution in [1.82, 2.24) is 9.78 Å². The zero-order valence-corrected chi connectivity index (χ0v) is 8.74. The minimum Gasteiger partial charge on any atom is -0.419 e. The maximum Gasteiger partial charge on any atom is 0.361 e. The Morgan fingerprint density at radius 3 is 3.00 bits per heavy atom. The molecule has 0 aliphatic rings. The predicted octanol–water partition coefficient (Wildman–Crippen LogP) is 1.02. The molecule has 0 atom stereocenters. The number of carbonyl (C=O) groups is 1. The molecule has 1 aromatic heterocycles. The van der Waals surface area contributed by atoms with Crippen LogP contribution in [-0.4, -0.2) is 22.4 Å². The summed E-state index contributed by atoms with van der Waals surface area (Å²) < 4.78 is 7.00. The molecule has 0 amide bonds. The molecular formula is C7H8IN2O2+.